The number of carbonyl (C=O) groups excluding carboxylic acids is 1. The van der Waals surface area contributed by atoms with E-state index in [2.05, 4.69) is 22.0 Å². The van der Waals surface area contributed by atoms with E-state index in [1.165, 1.54) is 51.7 Å². The number of likely N-dealkylation sites (tertiary alicyclic amines) is 2. The summed E-state index contributed by atoms with van der Waals surface area (Å²) in [4.78, 5) is 17.2. The first-order valence-corrected chi connectivity index (χ1v) is 8.48. The van der Waals surface area contributed by atoms with Crippen LogP contribution in [0.1, 0.15) is 44.9 Å². The molecule has 0 aromatic carbocycles. The molecule has 112 valence electrons. The monoisotopic (exact) mass is 276 g/mol. The summed E-state index contributed by atoms with van der Waals surface area (Å²) in [5.41, 5.74) is 0. The van der Waals surface area contributed by atoms with Gasteiger partial charge in [-0.2, -0.15) is 0 Å². The lowest BCUT2D eigenvalue weighted by molar-refractivity contribution is -0.133. The van der Waals surface area contributed by atoms with Crippen LogP contribution in [0.15, 0.2) is 12.2 Å². The average molecular weight is 276 g/mol. The van der Waals surface area contributed by atoms with Crippen molar-refractivity contribution in [3.05, 3.63) is 12.2 Å². The van der Waals surface area contributed by atoms with Crippen molar-refractivity contribution in [1.82, 2.24) is 9.80 Å². The van der Waals surface area contributed by atoms with Crippen LogP contribution in [0, 0.1) is 11.8 Å². The lowest BCUT2D eigenvalue weighted by Crippen LogP contribution is -2.43. The maximum Gasteiger partial charge on any atom is 0.223 e. The molecule has 2 unspecified atom stereocenters. The van der Waals surface area contributed by atoms with Crippen LogP contribution in [-0.4, -0.2) is 48.4 Å². The molecular formula is C17H28N2O. The zero-order valence-electron chi connectivity index (χ0n) is 12.6. The third kappa shape index (κ3) is 3.63. The molecule has 0 bridgehead atoms. The topological polar surface area (TPSA) is 23.6 Å². The summed E-state index contributed by atoms with van der Waals surface area (Å²) in [6.45, 7) is 5.76. The number of hydrogen-bond acceptors (Lipinski definition) is 2. The maximum atomic E-state index is 12.4. The zero-order chi connectivity index (χ0) is 13.8. The van der Waals surface area contributed by atoms with Crippen molar-refractivity contribution in [2.75, 3.05) is 32.7 Å². The van der Waals surface area contributed by atoms with Crippen LogP contribution in [-0.2, 0) is 4.79 Å². The van der Waals surface area contributed by atoms with Gasteiger partial charge in [-0.1, -0.05) is 12.2 Å². The van der Waals surface area contributed by atoms with Crippen LogP contribution in [0.25, 0.3) is 0 Å². The van der Waals surface area contributed by atoms with E-state index in [0.29, 0.717) is 17.7 Å². The largest absolute Gasteiger partial charge is 0.342 e. The Bertz CT molecular complexity index is 360. The Morgan fingerprint density at radius 1 is 1.10 bits per heavy atom. The third-order valence-corrected chi connectivity index (χ3v) is 5.14. The van der Waals surface area contributed by atoms with Crippen molar-refractivity contribution in [2.24, 2.45) is 11.8 Å². The van der Waals surface area contributed by atoms with Gasteiger partial charge in [0.15, 0.2) is 0 Å². The molecule has 3 aliphatic rings. The van der Waals surface area contributed by atoms with E-state index in [-0.39, 0.29) is 0 Å². The van der Waals surface area contributed by atoms with Crippen LogP contribution >= 0.6 is 0 Å². The van der Waals surface area contributed by atoms with E-state index in [9.17, 15) is 4.79 Å². The van der Waals surface area contributed by atoms with E-state index in [1.54, 1.807) is 0 Å². The van der Waals surface area contributed by atoms with Gasteiger partial charge in [-0.25, -0.2) is 0 Å². The number of piperidine rings is 1. The molecule has 0 aromatic rings. The minimum absolute atomic E-state index is 0.396. The molecule has 3 rings (SSSR count). The second-order valence-corrected chi connectivity index (χ2v) is 6.83. The van der Waals surface area contributed by atoms with E-state index < -0.39 is 0 Å². The molecule has 3 nitrogen and oxygen atoms in total. The predicted molar refractivity (Wildman–Crippen MR) is 81.5 cm³/mol. The quantitative estimate of drug-likeness (QED) is 0.737. The highest BCUT2D eigenvalue weighted by Crippen LogP contribution is 2.24. The number of nitrogens with zero attached hydrogens (tertiary/aromatic N) is 2. The molecular weight excluding hydrogens is 248 g/mol. The fraction of sp³-hybridized carbons (Fsp3) is 0.824. The number of allylic oxidation sites excluding steroid dienone is 2. The fourth-order valence-electron chi connectivity index (χ4n) is 3.99. The summed E-state index contributed by atoms with van der Waals surface area (Å²) in [6, 6.07) is 0. The highest BCUT2D eigenvalue weighted by Gasteiger charge is 2.27. The molecule has 2 aliphatic heterocycles. The second-order valence-electron chi connectivity index (χ2n) is 6.83. The SMILES string of the molecule is O=C(CC1C=CCC1)N1CCCC(CN2CCCC2)C1. The molecule has 1 aliphatic carbocycles. The number of carbonyl (C=O) groups is 1. The van der Waals surface area contributed by atoms with Crippen LogP contribution in [0.5, 0.6) is 0 Å². The maximum absolute atomic E-state index is 12.4. The van der Waals surface area contributed by atoms with Crippen molar-refractivity contribution < 1.29 is 4.79 Å². The Hall–Kier alpha value is -0.830. The molecule has 1 amide bonds. The summed E-state index contributed by atoms with van der Waals surface area (Å²) >= 11 is 0. The van der Waals surface area contributed by atoms with Gasteiger partial charge in [-0.15, -0.1) is 0 Å². The van der Waals surface area contributed by atoms with Crippen molar-refractivity contribution in [1.29, 1.82) is 0 Å². The summed E-state index contributed by atoms with van der Waals surface area (Å²) < 4.78 is 0. The molecule has 2 heterocycles. The van der Waals surface area contributed by atoms with Gasteiger partial charge in [0.2, 0.25) is 5.91 Å². The Kier molecular flexibility index (Phi) is 4.77. The van der Waals surface area contributed by atoms with E-state index in [4.69, 9.17) is 0 Å². The predicted octanol–water partition coefficient (Wildman–Crippen LogP) is 2.68. The van der Waals surface area contributed by atoms with E-state index in [0.717, 1.165) is 25.9 Å². The standard InChI is InChI=1S/C17H28N2O/c20-17(12-15-6-1-2-7-15)19-11-5-8-16(14-19)13-18-9-3-4-10-18/h1,6,15-16H,2-5,7-14H2. The van der Waals surface area contributed by atoms with Crippen LogP contribution in [0.2, 0.25) is 0 Å². The molecule has 0 radical (unpaired) electrons. The summed E-state index contributed by atoms with van der Waals surface area (Å²) in [6.07, 6.45) is 12.8. The molecule has 2 saturated heterocycles. The van der Waals surface area contributed by atoms with Crippen molar-refractivity contribution in [3.63, 3.8) is 0 Å². The first kappa shape index (κ1) is 14.1. The number of hydrogen-bond donors (Lipinski definition) is 0. The van der Waals surface area contributed by atoms with Crippen molar-refractivity contribution in [3.8, 4) is 0 Å². The number of amides is 1. The van der Waals surface area contributed by atoms with Gasteiger partial charge in [0.1, 0.15) is 0 Å². The summed E-state index contributed by atoms with van der Waals surface area (Å²) in [5.74, 6) is 1.62. The lowest BCUT2D eigenvalue weighted by atomic mass is 9.96. The summed E-state index contributed by atoms with van der Waals surface area (Å²) in [7, 11) is 0. The van der Waals surface area contributed by atoms with Gasteiger partial charge in [0, 0.05) is 26.1 Å². The minimum Gasteiger partial charge on any atom is -0.342 e. The van der Waals surface area contributed by atoms with Crippen LogP contribution in [0.4, 0.5) is 0 Å². The first-order valence-electron chi connectivity index (χ1n) is 8.48. The molecule has 0 spiro atoms. The average Bonchev–Trinajstić information content (AvgIpc) is 3.12. The third-order valence-electron chi connectivity index (χ3n) is 5.14. The Balaban J connectivity index is 1.46. The molecule has 0 saturated carbocycles. The van der Waals surface area contributed by atoms with Gasteiger partial charge >= 0.3 is 0 Å². The van der Waals surface area contributed by atoms with Gasteiger partial charge in [-0.05, 0) is 63.5 Å². The molecule has 0 aromatic heterocycles. The van der Waals surface area contributed by atoms with Gasteiger partial charge in [-0.3, -0.25) is 4.79 Å². The molecule has 0 N–H and O–H groups in total. The second kappa shape index (κ2) is 6.75. The molecule has 2 fully saturated rings. The van der Waals surface area contributed by atoms with Gasteiger partial charge in [0.05, 0.1) is 0 Å². The van der Waals surface area contributed by atoms with E-state index >= 15 is 0 Å². The first-order chi connectivity index (χ1) is 9.81. The van der Waals surface area contributed by atoms with Gasteiger partial charge in [0.25, 0.3) is 0 Å². The lowest BCUT2D eigenvalue weighted by Gasteiger charge is -2.35. The highest BCUT2D eigenvalue weighted by molar-refractivity contribution is 5.76. The van der Waals surface area contributed by atoms with Crippen molar-refractivity contribution >= 4 is 5.91 Å². The summed E-state index contributed by atoms with van der Waals surface area (Å²) in [5, 5.41) is 0. The normalized spacial score (nSPS) is 31.1. The molecule has 20 heavy (non-hydrogen) atoms. The number of rotatable bonds is 4. The van der Waals surface area contributed by atoms with Crippen molar-refractivity contribution in [2.45, 2.75) is 44.9 Å². The Labute approximate surface area is 123 Å². The smallest absolute Gasteiger partial charge is 0.223 e. The van der Waals surface area contributed by atoms with Gasteiger partial charge < -0.3 is 9.80 Å². The Morgan fingerprint density at radius 3 is 2.70 bits per heavy atom. The zero-order valence-corrected chi connectivity index (χ0v) is 12.6. The van der Waals surface area contributed by atoms with Crippen LogP contribution in [0.3, 0.4) is 0 Å². The highest BCUT2D eigenvalue weighted by atomic mass is 16.2. The molecule has 2 atom stereocenters. The Morgan fingerprint density at radius 2 is 1.95 bits per heavy atom. The molecule has 3 heteroatoms. The fourth-order valence-corrected chi connectivity index (χ4v) is 3.99. The van der Waals surface area contributed by atoms with Crippen LogP contribution < -0.4 is 0 Å². The van der Waals surface area contributed by atoms with E-state index in [1.807, 2.05) is 0 Å². The minimum atomic E-state index is 0.396.